The van der Waals surface area contributed by atoms with Gasteiger partial charge in [0.1, 0.15) is 23.5 Å². The van der Waals surface area contributed by atoms with E-state index in [1.807, 2.05) is 16.7 Å². The van der Waals surface area contributed by atoms with E-state index in [1.54, 1.807) is 49.2 Å². The Morgan fingerprint density at radius 2 is 1.81 bits per heavy atom. The molecule has 0 saturated heterocycles. The summed E-state index contributed by atoms with van der Waals surface area (Å²) in [5.74, 6) is -1.39. The van der Waals surface area contributed by atoms with Gasteiger partial charge in [0.15, 0.2) is 11.5 Å². The van der Waals surface area contributed by atoms with Crippen molar-refractivity contribution < 1.29 is 13.6 Å². The van der Waals surface area contributed by atoms with Crippen LogP contribution in [-0.4, -0.2) is 40.0 Å². The van der Waals surface area contributed by atoms with Gasteiger partial charge >= 0.3 is 0 Å². The van der Waals surface area contributed by atoms with E-state index < -0.39 is 11.9 Å². The first kappa shape index (κ1) is 22.2. The van der Waals surface area contributed by atoms with Gasteiger partial charge in [0.2, 0.25) is 5.95 Å². The average Bonchev–Trinajstić information content (AvgIpc) is 3.53. The van der Waals surface area contributed by atoms with Crippen LogP contribution in [0.2, 0.25) is 0 Å². The van der Waals surface area contributed by atoms with Gasteiger partial charge in [0.25, 0.3) is 5.91 Å². The van der Waals surface area contributed by atoms with Gasteiger partial charge in [-0.1, -0.05) is 0 Å². The number of aromatic nitrogens is 7. The third-order valence-corrected chi connectivity index (χ3v) is 5.60. The molecule has 1 aromatic carbocycles. The summed E-state index contributed by atoms with van der Waals surface area (Å²) in [6, 6.07) is 15.7. The van der Waals surface area contributed by atoms with E-state index in [4.69, 9.17) is 5.10 Å². The molecular weight excluding hydrogens is 478 g/mol. The molecular formula is C26H16F2N8O. The predicted octanol–water partition coefficient (Wildman–Crippen LogP) is 4.57. The fourth-order valence-corrected chi connectivity index (χ4v) is 3.90. The first-order valence-corrected chi connectivity index (χ1v) is 11.1. The Kier molecular flexibility index (Phi) is 5.41. The summed E-state index contributed by atoms with van der Waals surface area (Å²) in [5, 5.41) is 7.34. The highest BCUT2D eigenvalue weighted by Crippen LogP contribution is 2.32. The van der Waals surface area contributed by atoms with Gasteiger partial charge in [-0.15, -0.1) is 0 Å². The summed E-state index contributed by atoms with van der Waals surface area (Å²) in [4.78, 5) is 29.1. The van der Waals surface area contributed by atoms with Crippen LogP contribution < -0.4 is 5.32 Å². The van der Waals surface area contributed by atoms with E-state index in [1.165, 1.54) is 28.9 Å². The molecule has 0 spiro atoms. The van der Waals surface area contributed by atoms with Gasteiger partial charge in [0.05, 0.1) is 23.8 Å². The van der Waals surface area contributed by atoms with Crippen LogP contribution in [0.4, 0.5) is 14.6 Å². The lowest BCUT2D eigenvalue weighted by Gasteiger charge is -2.10. The van der Waals surface area contributed by atoms with Crippen LogP contribution in [0, 0.1) is 11.8 Å². The minimum atomic E-state index is -0.754. The average molecular weight is 494 g/mol. The fraction of sp³-hybridized carbons (Fsp3) is 0. The van der Waals surface area contributed by atoms with Crippen molar-refractivity contribution in [1.82, 2.24) is 34.1 Å². The summed E-state index contributed by atoms with van der Waals surface area (Å²) in [5.41, 5.74) is 3.89. The van der Waals surface area contributed by atoms with E-state index in [-0.39, 0.29) is 17.2 Å². The molecule has 6 rings (SSSR count). The minimum Gasteiger partial charge on any atom is -0.305 e. The number of benzene rings is 1. The summed E-state index contributed by atoms with van der Waals surface area (Å²) >= 11 is 0. The molecule has 9 nitrogen and oxygen atoms in total. The second kappa shape index (κ2) is 9.04. The molecule has 0 aliphatic heterocycles. The van der Waals surface area contributed by atoms with Crippen molar-refractivity contribution in [2.45, 2.75) is 0 Å². The molecule has 0 unspecified atom stereocenters. The number of anilines is 1. The van der Waals surface area contributed by atoms with Gasteiger partial charge in [-0.05, 0) is 54.6 Å². The topological polar surface area (TPSA) is 103 Å². The lowest BCUT2D eigenvalue weighted by Crippen LogP contribution is -2.12. The monoisotopic (exact) mass is 494 g/mol. The lowest BCUT2D eigenvalue weighted by molar-refractivity contribution is 0.102. The van der Waals surface area contributed by atoms with Crippen molar-refractivity contribution in [3.05, 3.63) is 109 Å². The Bertz CT molecular complexity index is 1750. The summed E-state index contributed by atoms with van der Waals surface area (Å²) in [7, 11) is 0. The largest absolute Gasteiger partial charge is 0.305 e. The molecule has 1 amide bonds. The van der Waals surface area contributed by atoms with Crippen molar-refractivity contribution in [2.75, 3.05) is 5.32 Å². The normalized spacial score (nSPS) is 11.1. The maximum absolute atomic E-state index is 13.6. The van der Waals surface area contributed by atoms with Crippen molar-refractivity contribution in [2.24, 2.45) is 0 Å². The maximum atomic E-state index is 13.6. The standard InChI is InChI=1S/C26H16F2N8O/c27-18-5-3-16(4-6-18)24-25(35(15-31-24)19-2-1-10-29-13-19)20-7-8-23-32-22(14-36(23)34-20)33-26(37)17-9-11-30-21(28)12-17/h1-15H,(H,33,37). The minimum absolute atomic E-state index is 0.113. The van der Waals surface area contributed by atoms with Crippen LogP contribution >= 0.6 is 0 Å². The summed E-state index contributed by atoms with van der Waals surface area (Å²) < 4.78 is 30.3. The molecule has 1 N–H and O–H groups in total. The molecule has 0 bridgehead atoms. The molecule has 0 saturated carbocycles. The van der Waals surface area contributed by atoms with Gasteiger partial charge in [-0.25, -0.2) is 23.9 Å². The second-order valence-electron chi connectivity index (χ2n) is 8.00. The number of imidazole rings is 2. The van der Waals surface area contributed by atoms with Crippen molar-refractivity contribution in [1.29, 1.82) is 0 Å². The number of nitrogens with zero attached hydrogens (tertiary/aromatic N) is 7. The smallest absolute Gasteiger partial charge is 0.257 e. The summed E-state index contributed by atoms with van der Waals surface area (Å²) in [6.07, 6.45) is 7.80. The highest BCUT2D eigenvalue weighted by atomic mass is 19.1. The number of hydrogen-bond acceptors (Lipinski definition) is 6. The molecule has 0 fully saturated rings. The number of carbonyl (C=O) groups excluding carboxylic acids is 1. The maximum Gasteiger partial charge on any atom is 0.257 e. The number of nitrogens with one attached hydrogen (secondary N) is 1. The van der Waals surface area contributed by atoms with Crippen LogP contribution in [0.15, 0.2) is 91.8 Å². The number of rotatable bonds is 5. The number of fused-ring (bicyclic) bond motifs is 1. The molecule has 37 heavy (non-hydrogen) atoms. The SMILES string of the molecule is O=C(Nc1cn2nc(-c3c(-c4ccc(F)cc4)ncn3-c3cccnc3)ccc2n1)c1ccnc(F)c1. The van der Waals surface area contributed by atoms with E-state index in [0.29, 0.717) is 28.3 Å². The number of halogens is 2. The quantitative estimate of drug-likeness (QED) is 0.352. The molecule has 0 radical (unpaired) electrons. The molecule has 6 aromatic rings. The van der Waals surface area contributed by atoms with Crippen molar-refractivity contribution >= 4 is 17.4 Å². The zero-order valence-corrected chi connectivity index (χ0v) is 19.0. The highest BCUT2D eigenvalue weighted by Gasteiger charge is 2.19. The molecule has 0 aliphatic carbocycles. The third-order valence-electron chi connectivity index (χ3n) is 5.60. The first-order valence-electron chi connectivity index (χ1n) is 11.1. The molecule has 180 valence electrons. The van der Waals surface area contributed by atoms with Gasteiger partial charge in [0, 0.05) is 29.6 Å². The predicted molar refractivity (Wildman–Crippen MR) is 131 cm³/mol. The fourth-order valence-electron chi connectivity index (χ4n) is 3.90. The number of amides is 1. The van der Waals surface area contributed by atoms with Crippen LogP contribution in [0.25, 0.3) is 34.0 Å². The van der Waals surface area contributed by atoms with E-state index in [9.17, 15) is 13.6 Å². The Labute approximate surface area is 208 Å². The van der Waals surface area contributed by atoms with Crippen LogP contribution in [0.3, 0.4) is 0 Å². The van der Waals surface area contributed by atoms with Crippen molar-refractivity contribution in [3.63, 3.8) is 0 Å². The zero-order valence-electron chi connectivity index (χ0n) is 19.0. The number of hydrogen-bond donors (Lipinski definition) is 1. The van der Waals surface area contributed by atoms with E-state index in [0.717, 1.165) is 11.8 Å². The molecule has 0 aliphatic rings. The van der Waals surface area contributed by atoms with E-state index in [2.05, 4.69) is 25.3 Å². The number of carbonyl (C=O) groups is 1. The van der Waals surface area contributed by atoms with Gasteiger partial charge in [-0.2, -0.15) is 9.49 Å². The molecule has 5 aromatic heterocycles. The van der Waals surface area contributed by atoms with Crippen LogP contribution in [0.5, 0.6) is 0 Å². The van der Waals surface area contributed by atoms with Crippen LogP contribution in [0.1, 0.15) is 10.4 Å². The Hall–Kier alpha value is -5.32. The van der Waals surface area contributed by atoms with E-state index >= 15 is 0 Å². The van der Waals surface area contributed by atoms with Gasteiger partial charge in [-0.3, -0.25) is 14.3 Å². The molecule has 5 heterocycles. The highest BCUT2D eigenvalue weighted by molar-refractivity contribution is 6.03. The zero-order chi connectivity index (χ0) is 25.4. The molecule has 11 heteroatoms. The van der Waals surface area contributed by atoms with Crippen molar-refractivity contribution in [3.8, 4) is 28.3 Å². The number of pyridine rings is 2. The summed E-state index contributed by atoms with van der Waals surface area (Å²) in [6.45, 7) is 0. The Morgan fingerprint density at radius 1 is 0.946 bits per heavy atom. The Morgan fingerprint density at radius 3 is 2.59 bits per heavy atom. The molecule has 0 atom stereocenters. The Balaban J connectivity index is 1.42. The second-order valence-corrected chi connectivity index (χ2v) is 8.00. The third kappa shape index (κ3) is 4.29. The van der Waals surface area contributed by atoms with Crippen LogP contribution in [-0.2, 0) is 0 Å². The first-order chi connectivity index (χ1) is 18.0. The van der Waals surface area contributed by atoms with Gasteiger partial charge < -0.3 is 5.32 Å². The lowest BCUT2D eigenvalue weighted by atomic mass is 10.1.